The maximum Gasteiger partial charge on any atom is 0.410 e. The minimum atomic E-state index is -0.658. The quantitative estimate of drug-likeness (QED) is 0.557. The molecule has 2 unspecified atom stereocenters. The second-order valence-electron chi connectivity index (χ2n) is 11.7. The normalized spacial score (nSPS) is 19.3. The molecule has 38 heavy (non-hydrogen) atoms. The van der Waals surface area contributed by atoms with E-state index >= 15 is 0 Å². The summed E-state index contributed by atoms with van der Waals surface area (Å²) >= 11 is 0. The van der Waals surface area contributed by atoms with Crippen LogP contribution >= 0.6 is 0 Å². The first-order valence-corrected chi connectivity index (χ1v) is 13.9. The van der Waals surface area contributed by atoms with Crippen LogP contribution in [0.25, 0.3) is 0 Å². The van der Waals surface area contributed by atoms with Gasteiger partial charge in [0.15, 0.2) is 0 Å². The number of benzene rings is 1. The van der Waals surface area contributed by atoms with Crippen LogP contribution in [-0.4, -0.2) is 70.9 Å². The lowest BCUT2D eigenvalue weighted by Gasteiger charge is -2.36. The Bertz CT molecular complexity index is 993. The SMILES string of the molecule is CCc1ccc(NC(=O)C(NC(=O)C2CCN(C(=O)C3CCCN3C(=O)OC(C)(C)C)CC2)C(C)C)cc1. The lowest BCUT2D eigenvalue weighted by molar-refractivity contribution is -0.139. The fourth-order valence-corrected chi connectivity index (χ4v) is 4.99. The van der Waals surface area contributed by atoms with Crippen molar-refractivity contribution in [3.8, 4) is 0 Å². The molecule has 2 heterocycles. The number of likely N-dealkylation sites (tertiary alicyclic amines) is 2. The molecule has 9 heteroatoms. The second kappa shape index (κ2) is 12.6. The van der Waals surface area contributed by atoms with Gasteiger partial charge >= 0.3 is 6.09 Å². The molecular formula is C29H44N4O5. The Kier molecular flexibility index (Phi) is 9.79. The van der Waals surface area contributed by atoms with Gasteiger partial charge in [-0.3, -0.25) is 19.3 Å². The fourth-order valence-electron chi connectivity index (χ4n) is 4.99. The van der Waals surface area contributed by atoms with Crippen molar-refractivity contribution in [3.63, 3.8) is 0 Å². The van der Waals surface area contributed by atoms with Crippen LogP contribution in [-0.2, 0) is 25.5 Å². The van der Waals surface area contributed by atoms with Gasteiger partial charge in [-0.1, -0.05) is 32.9 Å². The molecule has 2 aliphatic heterocycles. The minimum Gasteiger partial charge on any atom is -0.444 e. The van der Waals surface area contributed by atoms with Gasteiger partial charge in [0.05, 0.1) is 0 Å². The summed E-state index contributed by atoms with van der Waals surface area (Å²) in [5.74, 6) is -0.850. The van der Waals surface area contributed by atoms with Crippen LogP contribution in [0.4, 0.5) is 10.5 Å². The van der Waals surface area contributed by atoms with E-state index in [1.165, 1.54) is 10.5 Å². The van der Waals surface area contributed by atoms with Crippen LogP contribution in [0.15, 0.2) is 24.3 Å². The monoisotopic (exact) mass is 528 g/mol. The van der Waals surface area contributed by atoms with Crippen molar-refractivity contribution in [2.45, 2.75) is 91.3 Å². The van der Waals surface area contributed by atoms with E-state index in [0.29, 0.717) is 44.6 Å². The zero-order chi connectivity index (χ0) is 28.0. The molecule has 0 spiro atoms. The van der Waals surface area contributed by atoms with Crippen molar-refractivity contribution >= 4 is 29.5 Å². The van der Waals surface area contributed by atoms with Crippen LogP contribution < -0.4 is 10.6 Å². The molecule has 2 N–H and O–H groups in total. The van der Waals surface area contributed by atoms with Crippen molar-refractivity contribution in [2.24, 2.45) is 11.8 Å². The largest absolute Gasteiger partial charge is 0.444 e. The van der Waals surface area contributed by atoms with Crippen molar-refractivity contribution < 1.29 is 23.9 Å². The number of rotatable bonds is 7. The van der Waals surface area contributed by atoms with E-state index in [-0.39, 0.29) is 29.6 Å². The molecule has 0 bridgehead atoms. The number of piperidine rings is 1. The number of amides is 4. The first-order chi connectivity index (χ1) is 17.9. The number of ether oxygens (including phenoxy) is 1. The molecule has 3 rings (SSSR count). The third kappa shape index (κ3) is 7.71. The molecule has 2 atom stereocenters. The van der Waals surface area contributed by atoms with Gasteiger partial charge in [-0.25, -0.2) is 4.79 Å². The molecule has 0 aliphatic carbocycles. The Morgan fingerprint density at radius 1 is 1.00 bits per heavy atom. The number of carbonyl (C=O) groups is 4. The summed E-state index contributed by atoms with van der Waals surface area (Å²) in [7, 11) is 0. The smallest absolute Gasteiger partial charge is 0.410 e. The molecule has 0 saturated carbocycles. The highest BCUT2D eigenvalue weighted by atomic mass is 16.6. The van der Waals surface area contributed by atoms with Crippen LogP contribution in [0.5, 0.6) is 0 Å². The number of nitrogens with zero attached hydrogens (tertiary/aromatic N) is 2. The van der Waals surface area contributed by atoms with Gasteiger partial charge < -0.3 is 20.3 Å². The van der Waals surface area contributed by atoms with Crippen molar-refractivity contribution in [2.75, 3.05) is 25.0 Å². The molecule has 210 valence electrons. The van der Waals surface area contributed by atoms with Crippen LogP contribution in [0, 0.1) is 11.8 Å². The average molecular weight is 529 g/mol. The van der Waals surface area contributed by atoms with Gasteiger partial charge in [-0.05, 0) is 76.5 Å². The molecule has 2 fully saturated rings. The lowest BCUT2D eigenvalue weighted by Crippen LogP contribution is -2.53. The molecule has 0 aromatic heterocycles. The van der Waals surface area contributed by atoms with Crippen LogP contribution in [0.1, 0.15) is 72.8 Å². The fraction of sp³-hybridized carbons (Fsp3) is 0.655. The highest BCUT2D eigenvalue weighted by Gasteiger charge is 2.40. The number of anilines is 1. The number of nitrogens with one attached hydrogen (secondary N) is 2. The second-order valence-corrected chi connectivity index (χ2v) is 11.7. The predicted molar refractivity (Wildman–Crippen MR) is 146 cm³/mol. The first-order valence-electron chi connectivity index (χ1n) is 13.9. The number of carbonyl (C=O) groups excluding carboxylic acids is 4. The van der Waals surface area contributed by atoms with Crippen LogP contribution in [0.2, 0.25) is 0 Å². The summed E-state index contributed by atoms with van der Waals surface area (Å²) in [6.07, 6.45) is 2.87. The van der Waals surface area contributed by atoms with E-state index in [1.54, 1.807) is 4.90 Å². The lowest BCUT2D eigenvalue weighted by atomic mass is 9.94. The standard InChI is InChI=1S/C29H44N4O5/c1-7-20-10-12-22(13-11-20)30-26(35)24(19(2)3)31-25(34)21-14-17-32(18-15-21)27(36)23-9-8-16-33(23)28(37)38-29(4,5)6/h10-13,19,21,23-24H,7-9,14-18H2,1-6H3,(H,30,35)(H,31,34). The zero-order valence-corrected chi connectivity index (χ0v) is 23.7. The van der Waals surface area contributed by atoms with Gasteiger partial charge in [0.2, 0.25) is 17.7 Å². The Morgan fingerprint density at radius 2 is 1.63 bits per heavy atom. The van der Waals surface area contributed by atoms with Gasteiger partial charge in [0.25, 0.3) is 0 Å². The minimum absolute atomic E-state index is 0.0826. The molecule has 9 nitrogen and oxygen atoms in total. The highest BCUT2D eigenvalue weighted by Crippen LogP contribution is 2.25. The van der Waals surface area contributed by atoms with Gasteiger partial charge in [0.1, 0.15) is 17.7 Å². The van der Waals surface area contributed by atoms with Gasteiger partial charge in [-0.2, -0.15) is 0 Å². The molecule has 4 amide bonds. The molecule has 0 radical (unpaired) electrons. The summed E-state index contributed by atoms with van der Waals surface area (Å²) in [6.45, 7) is 12.7. The van der Waals surface area contributed by atoms with Crippen molar-refractivity contribution in [1.29, 1.82) is 0 Å². The van der Waals surface area contributed by atoms with E-state index < -0.39 is 23.8 Å². The third-order valence-corrected chi connectivity index (χ3v) is 7.22. The average Bonchev–Trinajstić information content (AvgIpc) is 3.36. The topological polar surface area (TPSA) is 108 Å². The Hall–Kier alpha value is -3.10. The van der Waals surface area contributed by atoms with E-state index in [0.717, 1.165) is 12.8 Å². The maximum absolute atomic E-state index is 13.3. The van der Waals surface area contributed by atoms with E-state index in [1.807, 2.05) is 58.9 Å². The van der Waals surface area contributed by atoms with E-state index in [4.69, 9.17) is 4.74 Å². The number of aryl methyl sites for hydroxylation is 1. The number of hydrogen-bond donors (Lipinski definition) is 2. The molecular weight excluding hydrogens is 484 g/mol. The van der Waals surface area contributed by atoms with Crippen molar-refractivity contribution in [3.05, 3.63) is 29.8 Å². The Balaban J connectivity index is 1.53. The molecule has 1 aromatic rings. The summed E-state index contributed by atoms with van der Waals surface area (Å²) in [6, 6.07) is 6.52. The van der Waals surface area contributed by atoms with Gasteiger partial charge in [0, 0.05) is 31.2 Å². The Labute approximate surface area is 226 Å². The Morgan fingerprint density at radius 3 is 2.18 bits per heavy atom. The summed E-state index contributed by atoms with van der Waals surface area (Å²) in [4.78, 5) is 55.2. The number of hydrogen-bond acceptors (Lipinski definition) is 5. The van der Waals surface area contributed by atoms with Crippen molar-refractivity contribution in [1.82, 2.24) is 15.1 Å². The van der Waals surface area contributed by atoms with Crippen LogP contribution in [0.3, 0.4) is 0 Å². The maximum atomic E-state index is 13.3. The highest BCUT2D eigenvalue weighted by molar-refractivity contribution is 5.97. The van der Waals surface area contributed by atoms with E-state index in [2.05, 4.69) is 17.6 Å². The van der Waals surface area contributed by atoms with E-state index in [9.17, 15) is 19.2 Å². The summed E-state index contributed by atoms with van der Waals surface area (Å²) in [5.41, 5.74) is 1.27. The first kappa shape index (κ1) is 29.5. The summed E-state index contributed by atoms with van der Waals surface area (Å²) < 4.78 is 5.49. The third-order valence-electron chi connectivity index (χ3n) is 7.22. The predicted octanol–water partition coefficient (Wildman–Crippen LogP) is 3.97. The molecule has 1 aromatic carbocycles. The van der Waals surface area contributed by atoms with Gasteiger partial charge in [-0.15, -0.1) is 0 Å². The zero-order valence-electron chi connectivity index (χ0n) is 23.7. The molecule has 2 saturated heterocycles. The molecule has 2 aliphatic rings. The summed E-state index contributed by atoms with van der Waals surface area (Å²) in [5, 5.41) is 5.86.